The minimum atomic E-state index is 0.937. The molecule has 0 aliphatic carbocycles. The van der Waals surface area contributed by atoms with Crippen LogP contribution in [0.3, 0.4) is 0 Å². The predicted octanol–water partition coefficient (Wildman–Crippen LogP) is 3.28. The van der Waals surface area contributed by atoms with Crippen molar-refractivity contribution in [1.82, 2.24) is 18.9 Å². The Morgan fingerprint density at radius 1 is 0.727 bits per heavy atom. The second-order valence-corrected chi connectivity index (χ2v) is 6.93. The van der Waals surface area contributed by atoms with Crippen LogP contribution >= 0.6 is 12.2 Å². The lowest BCUT2D eigenvalue weighted by molar-refractivity contribution is 0.256. The molecule has 22 heavy (non-hydrogen) atoms. The maximum atomic E-state index is 5.83. The molecule has 0 bridgehead atoms. The van der Waals surface area contributed by atoms with Crippen LogP contribution in [0.1, 0.15) is 25.7 Å². The molecular weight excluding hydrogens is 292 g/mol. The predicted molar refractivity (Wildman–Crippen MR) is 92.4 cm³/mol. The van der Waals surface area contributed by atoms with Crippen LogP contribution in [0.2, 0.25) is 0 Å². The van der Waals surface area contributed by atoms with Crippen molar-refractivity contribution in [3.63, 3.8) is 0 Å². The van der Waals surface area contributed by atoms with Crippen LogP contribution in [0.4, 0.5) is 0 Å². The summed E-state index contributed by atoms with van der Waals surface area (Å²) in [6.07, 6.45) is 5.28. The van der Waals surface area contributed by atoms with E-state index in [0.717, 1.165) is 18.1 Å². The Balaban J connectivity index is 1.72. The fraction of sp³-hybridized carbons (Fsp3) is 0.588. The lowest BCUT2D eigenvalue weighted by Crippen LogP contribution is -2.25. The van der Waals surface area contributed by atoms with E-state index in [1.807, 2.05) is 0 Å². The normalized spacial score (nSPS) is 20.4. The Bertz CT molecular complexity index is 647. The van der Waals surface area contributed by atoms with Gasteiger partial charge in [0.05, 0.1) is 24.4 Å². The number of nitrogens with zero attached hydrogens (tertiary/aromatic N) is 4. The van der Waals surface area contributed by atoms with Gasteiger partial charge in [-0.15, -0.1) is 0 Å². The number of benzene rings is 1. The third kappa shape index (κ3) is 2.62. The number of likely N-dealkylation sites (tertiary alicyclic amines) is 2. The summed E-state index contributed by atoms with van der Waals surface area (Å²) in [4.78, 5) is 5.03. The van der Waals surface area contributed by atoms with E-state index < -0.39 is 0 Å². The van der Waals surface area contributed by atoms with Crippen LogP contribution in [0.25, 0.3) is 11.0 Å². The quantitative estimate of drug-likeness (QED) is 0.806. The maximum absolute atomic E-state index is 5.83. The summed E-state index contributed by atoms with van der Waals surface area (Å²) in [7, 11) is 0. The number of hydrogen-bond acceptors (Lipinski definition) is 3. The van der Waals surface area contributed by atoms with Gasteiger partial charge in [-0.1, -0.05) is 12.1 Å². The molecule has 2 saturated heterocycles. The molecule has 4 rings (SSSR count). The van der Waals surface area contributed by atoms with Gasteiger partial charge >= 0.3 is 0 Å². The topological polar surface area (TPSA) is 16.3 Å². The van der Waals surface area contributed by atoms with Gasteiger partial charge in [-0.05, 0) is 76.2 Å². The molecule has 0 unspecified atom stereocenters. The van der Waals surface area contributed by atoms with Crippen molar-refractivity contribution in [3.8, 4) is 0 Å². The highest BCUT2D eigenvalue weighted by atomic mass is 32.1. The molecule has 0 atom stereocenters. The first-order chi connectivity index (χ1) is 10.8. The summed E-state index contributed by atoms with van der Waals surface area (Å²) in [6, 6.07) is 8.67. The Labute approximate surface area is 136 Å². The third-order valence-corrected chi connectivity index (χ3v) is 5.45. The second kappa shape index (κ2) is 6.14. The molecule has 3 heterocycles. The number of aromatic nitrogens is 2. The Morgan fingerprint density at radius 2 is 1.14 bits per heavy atom. The van der Waals surface area contributed by atoms with Crippen LogP contribution in [0, 0.1) is 4.77 Å². The van der Waals surface area contributed by atoms with Crippen LogP contribution in [0.5, 0.6) is 0 Å². The summed E-state index contributed by atoms with van der Waals surface area (Å²) in [5, 5.41) is 0. The van der Waals surface area contributed by atoms with Gasteiger partial charge in [-0.2, -0.15) is 0 Å². The van der Waals surface area contributed by atoms with E-state index in [9.17, 15) is 0 Å². The Hall–Kier alpha value is -1.17. The average Bonchev–Trinajstić information content (AvgIpc) is 3.27. The van der Waals surface area contributed by atoms with Crippen molar-refractivity contribution < 1.29 is 0 Å². The molecule has 2 aliphatic heterocycles. The van der Waals surface area contributed by atoms with Crippen LogP contribution in [-0.2, 0) is 13.3 Å². The molecular formula is C17H24N4S. The van der Waals surface area contributed by atoms with Gasteiger partial charge in [0.25, 0.3) is 0 Å². The first-order valence-corrected chi connectivity index (χ1v) is 8.86. The van der Waals surface area contributed by atoms with Gasteiger partial charge in [-0.25, -0.2) is 0 Å². The van der Waals surface area contributed by atoms with Gasteiger partial charge in [-0.3, -0.25) is 9.80 Å². The minimum Gasteiger partial charge on any atom is -0.303 e. The van der Waals surface area contributed by atoms with Gasteiger partial charge in [0.1, 0.15) is 0 Å². The highest BCUT2D eigenvalue weighted by Gasteiger charge is 2.18. The van der Waals surface area contributed by atoms with Crippen molar-refractivity contribution in [1.29, 1.82) is 0 Å². The van der Waals surface area contributed by atoms with Crippen LogP contribution in [-0.4, -0.2) is 45.1 Å². The summed E-state index contributed by atoms with van der Waals surface area (Å²) in [5.74, 6) is 0. The largest absolute Gasteiger partial charge is 0.303 e. The van der Waals surface area contributed by atoms with Crippen molar-refractivity contribution in [2.24, 2.45) is 0 Å². The highest BCUT2D eigenvalue weighted by Crippen LogP contribution is 2.21. The first kappa shape index (κ1) is 14.4. The van der Waals surface area contributed by atoms with Gasteiger partial charge < -0.3 is 9.13 Å². The lowest BCUT2D eigenvalue weighted by Gasteiger charge is -2.17. The maximum Gasteiger partial charge on any atom is 0.183 e. The van der Waals surface area contributed by atoms with Crippen molar-refractivity contribution in [3.05, 3.63) is 29.0 Å². The lowest BCUT2D eigenvalue weighted by atomic mass is 10.3. The molecule has 5 heteroatoms. The molecule has 2 fully saturated rings. The van der Waals surface area contributed by atoms with Crippen LogP contribution < -0.4 is 0 Å². The van der Waals surface area contributed by atoms with Gasteiger partial charge in [0.2, 0.25) is 0 Å². The smallest absolute Gasteiger partial charge is 0.183 e. The highest BCUT2D eigenvalue weighted by molar-refractivity contribution is 7.71. The molecule has 0 saturated carbocycles. The van der Waals surface area contributed by atoms with E-state index in [0.29, 0.717) is 0 Å². The summed E-state index contributed by atoms with van der Waals surface area (Å²) in [6.45, 7) is 6.68. The standard InChI is InChI=1S/C17H24N4S/c22-17-20(13-18-9-3-4-10-18)15-7-1-2-8-16(15)21(17)14-19-11-5-6-12-19/h1-2,7-8H,3-6,9-14H2. The molecule has 0 radical (unpaired) electrons. The molecule has 1 aromatic carbocycles. The fourth-order valence-corrected chi connectivity index (χ4v) is 4.11. The molecule has 4 nitrogen and oxygen atoms in total. The number of rotatable bonds is 4. The third-order valence-electron chi connectivity index (χ3n) is 5.01. The molecule has 2 aromatic rings. The van der Waals surface area contributed by atoms with E-state index in [4.69, 9.17) is 12.2 Å². The Kier molecular flexibility index (Phi) is 4.03. The Morgan fingerprint density at radius 3 is 1.55 bits per heavy atom. The SMILES string of the molecule is S=c1n(CN2CCCC2)c2ccccc2n1CN1CCCC1. The molecule has 0 N–H and O–H groups in total. The minimum absolute atomic E-state index is 0.937. The molecule has 2 aliphatic rings. The van der Waals surface area contributed by atoms with Crippen molar-refractivity contribution >= 4 is 23.3 Å². The molecule has 0 amide bonds. The van der Waals surface area contributed by atoms with Crippen molar-refractivity contribution in [2.45, 2.75) is 39.0 Å². The van der Waals surface area contributed by atoms with E-state index in [2.05, 4.69) is 43.2 Å². The molecule has 0 spiro atoms. The van der Waals surface area contributed by atoms with E-state index >= 15 is 0 Å². The zero-order valence-electron chi connectivity index (χ0n) is 13.1. The molecule has 1 aromatic heterocycles. The number of para-hydroxylation sites is 2. The summed E-state index contributed by atoms with van der Waals surface area (Å²) < 4.78 is 5.62. The van der Waals surface area contributed by atoms with Gasteiger partial charge in [0.15, 0.2) is 4.77 Å². The zero-order chi connectivity index (χ0) is 14.9. The summed E-state index contributed by atoms with van der Waals surface area (Å²) in [5.41, 5.74) is 2.55. The number of fused-ring (bicyclic) bond motifs is 1. The number of imidazole rings is 1. The number of hydrogen-bond donors (Lipinski definition) is 0. The fourth-order valence-electron chi connectivity index (χ4n) is 3.79. The van der Waals surface area contributed by atoms with Gasteiger partial charge in [0, 0.05) is 0 Å². The van der Waals surface area contributed by atoms with E-state index in [1.54, 1.807) is 0 Å². The summed E-state index contributed by atoms with van der Waals surface area (Å²) >= 11 is 5.83. The molecule has 118 valence electrons. The van der Waals surface area contributed by atoms with Crippen molar-refractivity contribution in [2.75, 3.05) is 26.2 Å². The van der Waals surface area contributed by atoms with E-state index in [1.165, 1.54) is 62.9 Å². The first-order valence-electron chi connectivity index (χ1n) is 8.46. The zero-order valence-corrected chi connectivity index (χ0v) is 13.9. The second-order valence-electron chi connectivity index (χ2n) is 6.56. The van der Waals surface area contributed by atoms with E-state index in [-0.39, 0.29) is 0 Å². The van der Waals surface area contributed by atoms with Crippen LogP contribution in [0.15, 0.2) is 24.3 Å². The average molecular weight is 316 g/mol. The monoisotopic (exact) mass is 316 g/mol.